The largest absolute Gasteiger partial charge is 0.491 e. The van der Waals surface area contributed by atoms with E-state index >= 15 is 0 Å². The fraction of sp³-hybridized carbons (Fsp3) is 0.647. The van der Waals surface area contributed by atoms with Crippen LogP contribution >= 0.6 is 0 Å². The van der Waals surface area contributed by atoms with Gasteiger partial charge in [0.2, 0.25) is 0 Å². The van der Waals surface area contributed by atoms with Gasteiger partial charge in [0.25, 0.3) is 0 Å². The molecule has 1 aliphatic rings. The molecule has 0 amide bonds. The van der Waals surface area contributed by atoms with Gasteiger partial charge < -0.3 is 14.8 Å². The Morgan fingerprint density at radius 1 is 1.30 bits per heavy atom. The molecule has 0 bridgehead atoms. The Labute approximate surface area is 122 Å². The Morgan fingerprint density at radius 3 is 2.90 bits per heavy atom. The first kappa shape index (κ1) is 15.3. The lowest BCUT2D eigenvalue weighted by molar-refractivity contribution is 0.122. The molecule has 0 radical (unpaired) electrons. The van der Waals surface area contributed by atoms with Gasteiger partial charge in [-0.25, -0.2) is 0 Å². The van der Waals surface area contributed by atoms with E-state index in [4.69, 9.17) is 9.47 Å². The summed E-state index contributed by atoms with van der Waals surface area (Å²) in [6, 6.07) is 8.29. The van der Waals surface area contributed by atoms with Crippen LogP contribution in [0.15, 0.2) is 24.3 Å². The van der Waals surface area contributed by atoms with E-state index in [2.05, 4.69) is 17.4 Å². The molecule has 3 nitrogen and oxygen atoms in total. The van der Waals surface area contributed by atoms with Crippen LogP contribution in [-0.4, -0.2) is 25.9 Å². The molecule has 1 aromatic rings. The average Bonchev–Trinajstić information content (AvgIpc) is 3.21. The fourth-order valence-corrected chi connectivity index (χ4v) is 2.07. The first-order valence-electron chi connectivity index (χ1n) is 7.78. The van der Waals surface area contributed by atoms with Crippen LogP contribution in [0.2, 0.25) is 0 Å². The Kier molecular flexibility index (Phi) is 6.34. The van der Waals surface area contributed by atoms with E-state index in [1.807, 2.05) is 26.0 Å². The van der Waals surface area contributed by atoms with Crippen LogP contribution in [-0.2, 0) is 11.3 Å². The summed E-state index contributed by atoms with van der Waals surface area (Å²) < 4.78 is 11.3. The smallest absolute Gasteiger partial charge is 0.120 e. The minimum atomic E-state index is 0.224. The lowest BCUT2D eigenvalue weighted by atomic mass is 10.2. The average molecular weight is 277 g/mol. The van der Waals surface area contributed by atoms with Gasteiger partial charge in [0.1, 0.15) is 5.75 Å². The summed E-state index contributed by atoms with van der Waals surface area (Å²) in [5.41, 5.74) is 1.27. The lowest BCUT2D eigenvalue weighted by Crippen LogP contribution is -2.16. The zero-order chi connectivity index (χ0) is 14.2. The van der Waals surface area contributed by atoms with Gasteiger partial charge >= 0.3 is 0 Å². The number of rotatable bonds is 10. The lowest BCUT2D eigenvalue weighted by Gasteiger charge is -2.11. The molecule has 1 aromatic carbocycles. The third-order valence-electron chi connectivity index (χ3n) is 3.29. The minimum absolute atomic E-state index is 0.224. The summed E-state index contributed by atoms with van der Waals surface area (Å²) in [5, 5.41) is 3.45. The molecular weight excluding hydrogens is 250 g/mol. The maximum atomic E-state index is 5.69. The second kappa shape index (κ2) is 8.28. The molecule has 0 unspecified atom stereocenters. The summed E-state index contributed by atoms with van der Waals surface area (Å²) in [6.07, 6.45) is 4.04. The second-order valence-electron chi connectivity index (χ2n) is 5.86. The molecular formula is C17H27NO2. The Bertz CT molecular complexity index is 388. The molecule has 3 heteroatoms. The maximum absolute atomic E-state index is 5.69. The van der Waals surface area contributed by atoms with E-state index in [9.17, 15) is 0 Å². The van der Waals surface area contributed by atoms with Crippen molar-refractivity contribution in [2.24, 2.45) is 5.92 Å². The van der Waals surface area contributed by atoms with Crippen molar-refractivity contribution in [2.75, 3.05) is 19.8 Å². The maximum Gasteiger partial charge on any atom is 0.120 e. The third-order valence-corrected chi connectivity index (χ3v) is 3.29. The monoisotopic (exact) mass is 277 g/mol. The van der Waals surface area contributed by atoms with Gasteiger partial charge in [-0.15, -0.1) is 0 Å². The van der Waals surface area contributed by atoms with Crippen LogP contribution in [0.3, 0.4) is 0 Å². The van der Waals surface area contributed by atoms with E-state index in [1.165, 1.54) is 18.4 Å². The Balaban J connectivity index is 1.55. The second-order valence-corrected chi connectivity index (χ2v) is 5.86. The van der Waals surface area contributed by atoms with Gasteiger partial charge in [-0.3, -0.25) is 0 Å². The van der Waals surface area contributed by atoms with Gasteiger partial charge in [-0.2, -0.15) is 0 Å². The SMILES string of the molecule is CC(C)Oc1cccc(CNCCCOCC2CC2)c1. The molecule has 20 heavy (non-hydrogen) atoms. The molecule has 1 saturated carbocycles. The van der Waals surface area contributed by atoms with Crippen molar-refractivity contribution in [1.82, 2.24) is 5.32 Å². The molecule has 1 aliphatic carbocycles. The molecule has 0 atom stereocenters. The van der Waals surface area contributed by atoms with E-state index in [0.29, 0.717) is 0 Å². The summed E-state index contributed by atoms with van der Waals surface area (Å²) in [6.45, 7) is 7.82. The summed E-state index contributed by atoms with van der Waals surface area (Å²) in [5.74, 6) is 1.82. The molecule has 1 N–H and O–H groups in total. The standard InChI is InChI=1S/C17H27NO2/c1-14(2)20-17-6-3-5-16(11-17)12-18-9-4-10-19-13-15-7-8-15/h3,5-6,11,14-15,18H,4,7-10,12-13H2,1-2H3. The zero-order valence-electron chi connectivity index (χ0n) is 12.7. The molecule has 2 rings (SSSR count). The molecule has 0 aliphatic heterocycles. The van der Waals surface area contributed by atoms with Gasteiger partial charge in [-0.1, -0.05) is 12.1 Å². The van der Waals surface area contributed by atoms with Gasteiger partial charge in [0, 0.05) is 19.8 Å². The van der Waals surface area contributed by atoms with E-state index < -0.39 is 0 Å². The number of ether oxygens (including phenoxy) is 2. The predicted molar refractivity (Wildman–Crippen MR) is 82.1 cm³/mol. The number of nitrogens with one attached hydrogen (secondary N) is 1. The van der Waals surface area contributed by atoms with Crippen LogP contribution in [0.5, 0.6) is 5.75 Å². The Morgan fingerprint density at radius 2 is 2.15 bits per heavy atom. The first-order valence-corrected chi connectivity index (χ1v) is 7.78. The van der Waals surface area contributed by atoms with Crippen molar-refractivity contribution < 1.29 is 9.47 Å². The zero-order valence-corrected chi connectivity index (χ0v) is 12.7. The number of hydrogen-bond acceptors (Lipinski definition) is 3. The van der Waals surface area contributed by atoms with Crippen LogP contribution in [0.4, 0.5) is 0 Å². The molecule has 1 fully saturated rings. The number of benzene rings is 1. The third kappa shape index (κ3) is 6.40. The highest BCUT2D eigenvalue weighted by atomic mass is 16.5. The van der Waals surface area contributed by atoms with Crippen molar-refractivity contribution in [2.45, 2.75) is 45.8 Å². The van der Waals surface area contributed by atoms with Crippen LogP contribution in [0.1, 0.15) is 38.7 Å². The number of hydrogen-bond donors (Lipinski definition) is 1. The summed E-state index contributed by atoms with van der Waals surface area (Å²) >= 11 is 0. The fourth-order valence-electron chi connectivity index (χ4n) is 2.07. The highest BCUT2D eigenvalue weighted by Gasteiger charge is 2.20. The van der Waals surface area contributed by atoms with Crippen molar-refractivity contribution in [1.29, 1.82) is 0 Å². The van der Waals surface area contributed by atoms with Crippen LogP contribution < -0.4 is 10.1 Å². The van der Waals surface area contributed by atoms with Crippen molar-refractivity contribution in [3.05, 3.63) is 29.8 Å². The van der Waals surface area contributed by atoms with Crippen LogP contribution in [0.25, 0.3) is 0 Å². The predicted octanol–water partition coefficient (Wildman–Crippen LogP) is 3.38. The molecule has 0 aromatic heterocycles. The van der Waals surface area contributed by atoms with Crippen molar-refractivity contribution >= 4 is 0 Å². The van der Waals surface area contributed by atoms with E-state index in [0.717, 1.165) is 44.4 Å². The highest BCUT2D eigenvalue weighted by molar-refractivity contribution is 5.28. The summed E-state index contributed by atoms with van der Waals surface area (Å²) in [4.78, 5) is 0. The first-order chi connectivity index (χ1) is 9.74. The van der Waals surface area contributed by atoms with Gasteiger partial charge in [0.05, 0.1) is 6.10 Å². The molecule has 0 heterocycles. The van der Waals surface area contributed by atoms with E-state index in [1.54, 1.807) is 0 Å². The van der Waals surface area contributed by atoms with Crippen molar-refractivity contribution in [3.63, 3.8) is 0 Å². The van der Waals surface area contributed by atoms with Gasteiger partial charge in [-0.05, 0) is 63.3 Å². The normalized spacial score (nSPS) is 14.8. The topological polar surface area (TPSA) is 30.5 Å². The van der Waals surface area contributed by atoms with Gasteiger partial charge in [0.15, 0.2) is 0 Å². The Hall–Kier alpha value is -1.06. The van der Waals surface area contributed by atoms with E-state index in [-0.39, 0.29) is 6.10 Å². The van der Waals surface area contributed by atoms with Crippen molar-refractivity contribution in [3.8, 4) is 5.75 Å². The molecule has 112 valence electrons. The van der Waals surface area contributed by atoms with Crippen LogP contribution in [0, 0.1) is 5.92 Å². The highest BCUT2D eigenvalue weighted by Crippen LogP contribution is 2.28. The molecule has 0 saturated heterocycles. The molecule has 0 spiro atoms. The minimum Gasteiger partial charge on any atom is -0.491 e. The quantitative estimate of drug-likeness (QED) is 0.665. The summed E-state index contributed by atoms with van der Waals surface area (Å²) in [7, 11) is 0.